The highest BCUT2D eigenvalue weighted by Crippen LogP contribution is 2.21. The summed E-state index contributed by atoms with van der Waals surface area (Å²) in [6, 6.07) is 5.92. The minimum Gasteiger partial charge on any atom is -0.398 e. The van der Waals surface area contributed by atoms with Crippen LogP contribution in [0.4, 0.5) is 5.69 Å². The van der Waals surface area contributed by atoms with Crippen molar-refractivity contribution in [3.63, 3.8) is 0 Å². The number of rotatable bonds is 1. The Balaban J connectivity index is 2.24. The Kier molecular flexibility index (Phi) is 3.62. The number of nitrogen functional groups attached to an aromatic ring is 1. The topological polar surface area (TPSA) is 46.3 Å². The lowest BCUT2D eigenvalue weighted by atomic mass is 10.1. The lowest BCUT2D eigenvalue weighted by molar-refractivity contribution is 0.0717. The Morgan fingerprint density at radius 3 is 2.94 bits per heavy atom. The summed E-state index contributed by atoms with van der Waals surface area (Å²) in [7, 11) is 0. The summed E-state index contributed by atoms with van der Waals surface area (Å²) in [6.07, 6.45) is 0. The second kappa shape index (κ2) is 5.00. The number of carbonyl (C=O) groups is 1. The summed E-state index contributed by atoms with van der Waals surface area (Å²) in [4.78, 5) is 14.3. The van der Waals surface area contributed by atoms with Gasteiger partial charge in [0.25, 0.3) is 5.91 Å². The second-order valence-electron chi connectivity index (χ2n) is 4.51. The quantitative estimate of drug-likeness (QED) is 0.777. The van der Waals surface area contributed by atoms with E-state index in [0.29, 0.717) is 17.3 Å². The number of carbonyl (C=O) groups excluding carboxylic acids is 1. The van der Waals surface area contributed by atoms with Gasteiger partial charge in [0, 0.05) is 29.8 Å². The minimum atomic E-state index is 0.0651. The third-order valence-corrected chi connectivity index (χ3v) is 4.26. The van der Waals surface area contributed by atoms with Crippen LogP contribution in [0.1, 0.15) is 22.8 Å². The number of thioether (sulfide) groups is 1. The van der Waals surface area contributed by atoms with E-state index in [4.69, 9.17) is 5.73 Å². The molecule has 0 aromatic heterocycles. The van der Waals surface area contributed by atoms with Crippen molar-refractivity contribution in [1.82, 2.24) is 4.90 Å². The first-order chi connectivity index (χ1) is 8.09. The summed E-state index contributed by atoms with van der Waals surface area (Å²) in [5.74, 6) is 2.09. The molecule has 3 nitrogen and oxygen atoms in total. The summed E-state index contributed by atoms with van der Waals surface area (Å²) in [6.45, 7) is 4.89. The van der Waals surface area contributed by atoms with Gasteiger partial charge in [-0.2, -0.15) is 11.8 Å². The number of amides is 1. The summed E-state index contributed by atoms with van der Waals surface area (Å²) in [5, 5.41) is 0. The lowest BCUT2D eigenvalue weighted by Crippen LogP contribution is -2.44. The first-order valence-corrected chi connectivity index (χ1v) is 7.00. The third kappa shape index (κ3) is 2.57. The van der Waals surface area contributed by atoms with Crippen LogP contribution >= 0.6 is 11.8 Å². The van der Waals surface area contributed by atoms with Gasteiger partial charge in [-0.3, -0.25) is 4.79 Å². The highest BCUT2D eigenvalue weighted by Gasteiger charge is 2.25. The molecule has 0 aliphatic carbocycles. The van der Waals surface area contributed by atoms with Crippen molar-refractivity contribution in [2.45, 2.75) is 19.9 Å². The standard InChI is InChI=1S/C13H18N2OS/c1-9-3-4-11(12(14)7-9)13(16)15-5-6-17-8-10(15)2/h3-4,7,10H,5-6,8,14H2,1-2H3. The van der Waals surface area contributed by atoms with Crippen molar-refractivity contribution in [2.24, 2.45) is 0 Å². The average molecular weight is 250 g/mol. The van der Waals surface area contributed by atoms with Crippen molar-refractivity contribution in [1.29, 1.82) is 0 Å². The van der Waals surface area contributed by atoms with E-state index in [1.807, 2.05) is 41.8 Å². The van der Waals surface area contributed by atoms with Crippen LogP contribution in [-0.4, -0.2) is 34.9 Å². The Morgan fingerprint density at radius 1 is 1.53 bits per heavy atom. The van der Waals surface area contributed by atoms with Gasteiger partial charge < -0.3 is 10.6 Å². The number of anilines is 1. The molecule has 1 fully saturated rings. The summed E-state index contributed by atoms with van der Waals surface area (Å²) >= 11 is 1.90. The molecule has 1 aliphatic rings. The average Bonchev–Trinajstić information content (AvgIpc) is 2.29. The van der Waals surface area contributed by atoms with E-state index < -0.39 is 0 Å². The van der Waals surface area contributed by atoms with E-state index >= 15 is 0 Å². The fraction of sp³-hybridized carbons (Fsp3) is 0.462. The third-order valence-electron chi connectivity index (χ3n) is 3.07. The first kappa shape index (κ1) is 12.3. The predicted molar refractivity (Wildman–Crippen MR) is 73.4 cm³/mol. The zero-order valence-electron chi connectivity index (χ0n) is 10.3. The molecule has 1 heterocycles. The molecule has 17 heavy (non-hydrogen) atoms. The van der Waals surface area contributed by atoms with E-state index in [1.165, 1.54) is 0 Å². The molecule has 1 saturated heterocycles. The molecule has 4 heteroatoms. The maximum Gasteiger partial charge on any atom is 0.256 e. The van der Waals surface area contributed by atoms with E-state index in [1.54, 1.807) is 0 Å². The monoisotopic (exact) mass is 250 g/mol. The molecule has 2 rings (SSSR count). The summed E-state index contributed by atoms with van der Waals surface area (Å²) < 4.78 is 0. The van der Waals surface area contributed by atoms with Gasteiger partial charge in [0.15, 0.2) is 0 Å². The second-order valence-corrected chi connectivity index (χ2v) is 5.66. The molecule has 1 atom stereocenters. The molecule has 1 unspecified atom stereocenters. The molecule has 0 spiro atoms. The highest BCUT2D eigenvalue weighted by atomic mass is 32.2. The normalized spacial score (nSPS) is 20.4. The van der Waals surface area contributed by atoms with E-state index in [-0.39, 0.29) is 5.91 Å². The van der Waals surface area contributed by atoms with E-state index in [9.17, 15) is 4.79 Å². The molecule has 1 aromatic rings. The molecule has 2 N–H and O–H groups in total. The summed E-state index contributed by atoms with van der Waals surface area (Å²) in [5.41, 5.74) is 8.22. The van der Waals surface area contributed by atoms with Crippen molar-refractivity contribution < 1.29 is 4.79 Å². The van der Waals surface area contributed by atoms with Gasteiger partial charge in [-0.15, -0.1) is 0 Å². The fourth-order valence-corrected chi connectivity index (χ4v) is 3.07. The number of nitrogens with zero attached hydrogens (tertiary/aromatic N) is 1. The van der Waals surface area contributed by atoms with Crippen molar-refractivity contribution >= 4 is 23.4 Å². The van der Waals surface area contributed by atoms with Crippen LogP contribution in [0, 0.1) is 6.92 Å². The number of hydrogen-bond acceptors (Lipinski definition) is 3. The lowest BCUT2D eigenvalue weighted by Gasteiger charge is -2.33. The van der Waals surface area contributed by atoms with E-state index in [2.05, 4.69) is 6.92 Å². The first-order valence-electron chi connectivity index (χ1n) is 5.84. The molecule has 0 saturated carbocycles. The Bertz CT molecular complexity index is 433. The van der Waals surface area contributed by atoms with Gasteiger partial charge in [-0.25, -0.2) is 0 Å². The molecular weight excluding hydrogens is 232 g/mol. The predicted octanol–water partition coefficient (Wildman–Crippen LogP) is 2.15. The van der Waals surface area contributed by atoms with Crippen molar-refractivity contribution in [3.8, 4) is 0 Å². The maximum absolute atomic E-state index is 12.4. The van der Waals surface area contributed by atoms with Gasteiger partial charge in [0.2, 0.25) is 0 Å². The molecular formula is C13H18N2OS. The van der Waals surface area contributed by atoms with Crippen molar-refractivity contribution in [3.05, 3.63) is 29.3 Å². The van der Waals surface area contributed by atoms with Gasteiger partial charge in [-0.1, -0.05) is 6.07 Å². The fourth-order valence-electron chi connectivity index (χ4n) is 2.06. The molecule has 1 aliphatic heterocycles. The van der Waals surface area contributed by atoms with Crippen LogP contribution in [0.25, 0.3) is 0 Å². The Hall–Kier alpha value is -1.16. The number of aryl methyl sites for hydroxylation is 1. The van der Waals surface area contributed by atoms with Gasteiger partial charge >= 0.3 is 0 Å². The van der Waals surface area contributed by atoms with Gasteiger partial charge in [0.05, 0.1) is 5.56 Å². The highest BCUT2D eigenvalue weighted by molar-refractivity contribution is 7.99. The zero-order valence-corrected chi connectivity index (χ0v) is 11.1. The Morgan fingerprint density at radius 2 is 2.29 bits per heavy atom. The van der Waals surface area contributed by atoms with Crippen LogP contribution in [0.5, 0.6) is 0 Å². The largest absolute Gasteiger partial charge is 0.398 e. The van der Waals surface area contributed by atoms with Crippen LogP contribution in [0.3, 0.4) is 0 Å². The maximum atomic E-state index is 12.4. The van der Waals surface area contributed by atoms with Crippen LogP contribution in [0.2, 0.25) is 0 Å². The minimum absolute atomic E-state index is 0.0651. The Labute approximate surface area is 106 Å². The number of nitrogens with two attached hydrogens (primary N) is 1. The van der Waals surface area contributed by atoms with Gasteiger partial charge in [0.1, 0.15) is 0 Å². The molecule has 0 radical (unpaired) electrons. The molecule has 0 bridgehead atoms. The van der Waals surface area contributed by atoms with Crippen molar-refractivity contribution in [2.75, 3.05) is 23.8 Å². The number of benzene rings is 1. The van der Waals surface area contributed by atoms with Gasteiger partial charge in [-0.05, 0) is 31.5 Å². The molecule has 92 valence electrons. The number of hydrogen-bond donors (Lipinski definition) is 1. The van der Waals surface area contributed by atoms with Crippen LogP contribution in [-0.2, 0) is 0 Å². The molecule has 1 amide bonds. The molecule has 1 aromatic carbocycles. The smallest absolute Gasteiger partial charge is 0.256 e. The van der Waals surface area contributed by atoms with Crippen LogP contribution < -0.4 is 5.73 Å². The SMILES string of the molecule is Cc1ccc(C(=O)N2CCSCC2C)c(N)c1. The van der Waals surface area contributed by atoms with Crippen LogP contribution in [0.15, 0.2) is 18.2 Å². The van der Waals surface area contributed by atoms with E-state index in [0.717, 1.165) is 23.6 Å². The zero-order chi connectivity index (χ0) is 12.4.